The molecule has 0 aliphatic carbocycles. The molecule has 2 aromatic rings. The number of hydrogen-bond donors (Lipinski definition) is 2. The molecule has 3 heterocycles. The van der Waals surface area contributed by atoms with Crippen molar-refractivity contribution in [3.05, 3.63) is 18.0 Å². The summed E-state index contributed by atoms with van der Waals surface area (Å²) in [7, 11) is 0. The van der Waals surface area contributed by atoms with Crippen molar-refractivity contribution < 1.29 is 17.9 Å². The third-order valence-corrected chi connectivity index (χ3v) is 3.76. The van der Waals surface area contributed by atoms with Gasteiger partial charge in [-0.25, -0.2) is 4.98 Å². The fourth-order valence-corrected chi connectivity index (χ4v) is 2.60. The molecule has 0 radical (unpaired) electrons. The molecule has 1 unspecified atom stereocenters. The topological polar surface area (TPSA) is 62.8 Å². The lowest BCUT2D eigenvalue weighted by Gasteiger charge is -2.28. The van der Waals surface area contributed by atoms with Gasteiger partial charge in [0.1, 0.15) is 11.2 Å². The quantitative estimate of drug-likeness (QED) is 0.912. The van der Waals surface area contributed by atoms with Crippen molar-refractivity contribution in [3.63, 3.8) is 0 Å². The largest absolute Gasteiger partial charge is 0.478 e. The Bertz CT molecular complexity index is 646. The van der Waals surface area contributed by atoms with Gasteiger partial charge in [0.05, 0.1) is 12.1 Å². The highest BCUT2D eigenvalue weighted by atomic mass is 19.4. The molecular weight excluding hydrogens is 285 g/mol. The Morgan fingerprint density at radius 3 is 2.76 bits per heavy atom. The Hall–Kier alpha value is -1.83. The van der Waals surface area contributed by atoms with E-state index in [1.54, 1.807) is 12.1 Å². The first kappa shape index (κ1) is 14.1. The molecule has 1 fully saturated rings. The number of fused-ring (bicyclic) bond motifs is 1. The van der Waals surface area contributed by atoms with E-state index in [0.717, 1.165) is 0 Å². The van der Waals surface area contributed by atoms with Gasteiger partial charge in [0.15, 0.2) is 5.65 Å². The number of imidazole rings is 1. The van der Waals surface area contributed by atoms with Crippen LogP contribution in [0.15, 0.2) is 12.1 Å². The van der Waals surface area contributed by atoms with Crippen molar-refractivity contribution in [1.29, 1.82) is 0 Å². The zero-order chi connectivity index (χ0) is 15.1. The number of alkyl halides is 3. The minimum Gasteiger partial charge on any atom is -0.478 e. The summed E-state index contributed by atoms with van der Waals surface area (Å²) >= 11 is 0. The number of H-pyrrole nitrogens is 1. The first-order chi connectivity index (χ1) is 9.96. The standard InChI is InChI=1S/C13H15F3N4O/c1-2-21-9-4-3-8-10(19-9)20-11(18-8)12(13(14,15)16)5-6-17-7-12/h3-4,17H,2,5-7H2,1H3,(H,18,19,20). The molecule has 1 saturated heterocycles. The summed E-state index contributed by atoms with van der Waals surface area (Å²) in [6.07, 6.45) is -4.40. The minimum absolute atomic E-state index is 0.0331. The number of pyridine rings is 1. The highest BCUT2D eigenvalue weighted by Crippen LogP contribution is 2.44. The van der Waals surface area contributed by atoms with Gasteiger partial charge in [-0.1, -0.05) is 0 Å². The molecule has 0 bridgehead atoms. The van der Waals surface area contributed by atoms with Crippen molar-refractivity contribution >= 4 is 11.2 Å². The number of aromatic amines is 1. The first-order valence-electron chi connectivity index (χ1n) is 6.74. The number of ether oxygens (including phenoxy) is 1. The van der Waals surface area contributed by atoms with E-state index < -0.39 is 11.6 Å². The van der Waals surface area contributed by atoms with E-state index in [1.165, 1.54) is 0 Å². The predicted molar refractivity (Wildman–Crippen MR) is 70.3 cm³/mol. The SMILES string of the molecule is CCOc1ccc2[nH]c(C3(C(F)(F)F)CCNC3)nc2n1. The van der Waals surface area contributed by atoms with Crippen LogP contribution in [0, 0.1) is 0 Å². The maximum absolute atomic E-state index is 13.5. The van der Waals surface area contributed by atoms with E-state index in [0.29, 0.717) is 24.5 Å². The van der Waals surface area contributed by atoms with Crippen LogP contribution in [0.5, 0.6) is 5.88 Å². The van der Waals surface area contributed by atoms with Gasteiger partial charge < -0.3 is 15.0 Å². The van der Waals surface area contributed by atoms with E-state index in [2.05, 4.69) is 20.3 Å². The van der Waals surface area contributed by atoms with Crippen LogP contribution in [-0.2, 0) is 5.41 Å². The van der Waals surface area contributed by atoms with Crippen molar-refractivity contribution in [1.82, 2.24) is 20.3 Å². The first-order valence-corrected chi connectivity index (χ1v) is 6.74. The predicted octanol–water partition coefficient (Wildman–Crippen LogP) is 2.15. The van der Waals surface area contributed by atoms with Crippen LogP contribution >= 0.6 is 0 Å². The number of nitrogens with zero attached hydrogens (tertiary/aromatic N) is 2. The molecule has 0 amide bonds. The number of nitrogens with one attached hydrogen (secondary N) is 2. The summed E-state index contributed by atoms with van der Waals surface area (Å²) in [6, 6.07) is 3.25. The van der Waals surface area contributed by atoms with Crippen LogP contribution in [-0.4, -0.2) is 40.8 Å². The van der Waals surface area contributed by atoms with Gasteiger partial charge in [-0.15, -0.1) is 0 Å². The number of hydrogen-bond acceptors (Lipinski definition) is 4. The average Bonchev–Trinajstić information content (AvgIpc) is 3.05. The molecule has 0 saturated carbocycles. The number of aromatic nitrogens is 3. The highest BCUT2D eigenvalue weighted by molar-refractivity contribution is 5.71. The smallest absolute Gasteiger partial charge is 0.402 e. The second kappa shape index (κ2) is 4.87. The molecule has 2 aromatic heterocycles. The van der Waals surface area contributed by atoms with E-state index in [9.17, 15) is 13.2 Å². The summed E-state index contributed by atoms with van der Waals surface area (Å²) in [5.41, 5.74) is -1.25. The molecule has 3 rings (SSSR count). The zero-order valence-electron chi connectivity index (χ0n) is 11.4. The Balaban J connectivity index is 2.07. The second-order valence-electron chi connectivity index (χ2n) is 5.05. The van der Waals surface area contributed by atoms with Crippen LogP contribution in [0.3, 0.4) is 0 Å². The van der Waals surface area contributed by atoms with Crippen LogP contribution in [0.4, 0.5) is 13.2 Å². The molecule has 1 aliphatic rings. The lowest BCUT2D eigenvalue weighted by Crippen LogP contribution is -2.45. The maximum Gasteiger partial charge on any atom is 0.402 e. The summed E-state index contributed by atoms with van der Waals surface area (Å²) in [5, 5.41) is 2.77. The van der Waals surface area contributed by atoms with E-state index in [-0.39, 0.29) is 24.4 Å². The van der Waals surface area contributed by atoms with E-state index in [1.807, 2.05) is 6.92 Å². The molecule has 114 valence electrons. The summed E-state index contributed by atoms with van der Waals surface area (Å²) in [6.45, 7) is 2.39. The maximum atomic E-state index is 13.5. The summed E-state index contributed by atoms with van der Waals surface area (Å²) in [4.78, 5) is 11.0. The molecular formula is C13H15F3N4O. The Morgan fingerprint density at radius 1 is 1.33 bits per heavy atom. The van der Waals surface area contributed by atoms with Crippen LogP contribution < -0.4 is 10.1 Å². The lowest BCUT2D eigenvalue weighted by molar-refractivity contribution is -0.186. The Kier molecular flexibility index (Phi) is 3.27. The normalized spacial score (nSPS) is 22.9. The third-order valence-electron chi connectivity index (χ3n) is 3.76. The van der Waals surface area contributed by atoms with Crippen molar-refractivity contribution in [2.24, 2.45) is 0 Å². The molecule has 0 aromatic carbocycles. The molecule has 0 spiro atoms. The minimum atomic E-state index is -4.37. The molecule has 8 heteroatoms. The average molecular weight is 300 g/mol. The fourth-order valence-electron chi connectivity index (χ4n) is 2.60. The highest BCUT2D eigenvalue weighted by Gasteiger charge is 2.59. The van der Waals surface area contributed by atoms with Gasteiger partial charge in [-0.3, -0.25) is 0 Å². The lowest BCUT2D eigenvalue weighted by atomic mass is 9.85. The number of rotatable bonds is 3. The molecule has 5 nitrogen and oxygen atoms in total. The fraction of sp³-hybridized carbons (Fsp3) is 0.538. The Labute approximate surface area is 118 Å². The molecule has 2 N–H and O–H groups in total. The van der Waals surface area contributed by atoms with Crippen molar-refractivity contribution in [2.45, 2.75) is 24.9 Å². The van der Waals surface area contributed by atoms with Crippen LogP contribution in [0.1, 0.15) is 19.2 Å². The Morgan fingerprint density at radius 2 is 2.14 bits per heavy atom. The van der Waals surface area contributed by atoms with Gasteiger partial charge in [-0.2, -0.15) is 18.2 Å². The van der Waals surface area contributed by atoms with Gasteiger partial charge >= 0.3 is 6.18 Å². The number of halogens is 3. The van der Waals surface area contributed by atoms with E-state index in [4.69, 9.17) is 4.74 Å². The van der Waals surface area contributed by atoms with Gasteiger partial charge in [0.25, 0.3) is 0 Å². The summed E-state index contributed by atoms with van der Waals surface area (Å²) in [5.74, 6) is 0.268. The summed E-state index contributed by atoms with van der Waals surface area (Å²) < 4.78 is 45.7. The molecule has 1 atom stereocenters. The van der Waals surface area contributed by atoms with Crippen LogP contribution in [0.25, 0.3) is 11.2 Å². The van der Waals surface area contributed by atoms with E-state index >= 15 is 0 Å². The van der Waals surface area contributed by atoms with Gasteiger partial charge in [0.2, 0.25) is 5.88 Å². The van der Waals surface area contributed by atoms with Crippen LogP contribution in [0.2, 0.25) is 0 Å². The van der Waals surface area contributed by atoms with Crippen molar-refractivity contribution in [3.8, 4) is 5.88 Å². The zero-order valence-corrected chi connectivity index (χ0v) is 11.4. The molecule has 21 heavy (non-hydrogen) atoms. The van der Waals surface area contributed by atoms with Crippen molar-refractivity contribution in [2.75, 3.05) is 19.7 Å². The van der Waals surface area contributed by atoms with Gasteiger partial charge in [0, 0.05) is 12.6 Å². The van der Waals surface area contributed by atoms with Gasteiger partial charge in [-0.05, 0) is 26.0 Å². The molecule has 1 aliphatic heterocycles. The monoisotopic (exact) mass is 300 g/mol. The third kappa shape index (κ3) is 2.23. The second-order valence-corrected chi connectivity index (χ2v) is 5.05.